The average molecular weight is 539 g/mol. The molecule has 0 spiro atoms. The van der Waals surface area contributed by atoms with Crippen molar-refractivity contribution < 1.29 is 18.8 Å². The van der Waals surface area contributed by atoms with E-state index in [1.54, 1.807) is 6.92 Å². The van der Waals surface area contributed by atoms with Gasteiger partial charge >= 0.3 is 5.97 Å². The molecule has 0 saturated carbocycles. The van der Waals surface area contributed by atoms with Crippen LogP contribution >= 0.6 is 0 Å². The van der Waals surface area contributed by atoms with Crippen LogP contribution in [-0.4, -0.2) is 37.4 Å². The third kappa shape index (κ3) is 16.4. The van der Waals surface area contributed by atoms with E-state index in [4.69, 9.17) is 9.47 Å². The maximum Gasteiger partial charge on any atom is 0.309 e. The molecule has 4 nitrogen and oxygen atoms in total. The molecule has 4 heteroatoms. The van der Waals surface area contributed by atoms with Gasteiger partial charge in [-0.3, -0.25) is 4.79 Å². The molecule has 0 fully saturated rings. The zero-order valence-corrected chi connectivity index (χ0v) is 25.5. The Hall–Kier alpha value is -2.33. The van der Waals surface area contributed by atoms with Gasteiger partial charge in [0.05, 0.1) is 27.1 Å². The number of unbranched alkanes of at least 4 members (excludes halogenated alkanes) is 11. The van der Waals surface area contributed by atoms with Gasteiger partial charge in [-0.05, 0) is 30.5 Å². The Labute approximate surface area is 239 Å². The number of carbonyl (C=O) groups excluding carboxylic acids is 1. The Kier molecular flexibility index (Phi) is 16.6. The summed E-state index contributed by atoms with van der Waals surface area (Å²) in [4.78, 5) is 12.3. The summed E-state index contributed by atoms with van der Waals surface area (Å²) in [7, 11) is 4.40. The summed E-state index contributed by atoms with van der Waals surface area (Å²) in [6.45, 7) is 5.93. The van der Waals surface area contributed by atoms with Crippen molar-refractivity contribution in [1.82, 2.24) is 0 Å². The number of benzene rings is 2. The second-order valence-corrected chi connectivity index (χ2v) is 11.9. The molecule has 2 aromatic rings. The summed E-state index contributed by atoms with van der Waals surface area (Å²) in [6.07, 6.45) is 18.2. The number of esters is 1. The number of quaternary nitrogens is 1. The molecule has 0 saturated heterocycles. The van der Waals surface area contributed by atoms with Crippen molar-refractivity contribution >= 4 is 5.97 Å². The highest BCUT2D eigenvalue weighted by Crippen LogP contribution is 2.18. The van der Waals surface area contributed by atoms with Crippen LogP contribution in [0.4, 0.5) is 0 Å². The second-order valence-electron chi connectivity index (χ2n) is 11.9. The van der Waals surface area contributed by atoms with Crippen LogP contribution in [-0.2, 0) is 22.5 Å². The molecule has 0 aromatic heterocycles. The number of rotatable bonds is 22. The van der Waals surface area contributed by atoms with Crippen molar-refractivity contribution in [2.24, 2.45) is 0 Å². The SMILES string of the molecule is CCCCCCCCCCCCCCc1ccc(OC(C)OC(=O)CCC[N+](C)(C)Cc2ccccc2)cc1. The zero-order chi connectivity index (χ0) is 28.2. The predicted molar refractivity (Wildman–Crippen MR) is 164 cm³/mol. The smallest absolute Gasteiger partial charge is 0.309 e. The van der Waals surface area contributed by atoms with Gasteiger partial charge in [0.25, 0.3) is 0 Å². The van der Waals surface area contributed by atoms with Gasteiger partial charge in [0, 0.05) is 18.9 Å². The Balaban J connectivity index is 1.52. The molecular weight excluding hydrogens is 482 g/mol. The summed E-state index contributed by atoms with van der Waals surface area (Å²) < 4.78 is 12.2. The fourth-order valence-electron chi connectivity index (χ4n) is 5.17. The lowest BCUT2D eigenvalue weighted by Crippen LogP contribution is -2.39. The number of hydrogen-bond acceptors (Lipinski definition) is 3. The van der Waals surface area contributed by atoms with Crippen LogP contribution < -0.4 is 4.74 Å². The Morgan fingerprint density at radius 2 is 1.28 bits per heavy atom. The number of hydrogen-bond donors (Lipinski definition) is 0. The number of nitrogens with zero attached hydrogens (tertiary/aromatic N) is 1. The molecule has 0 heterocycles. The third-order valence-electron chi connectivity index (χ3n) is 7.44. The number of ether oxygens (including phenoxy) is 2. The first-order chi connectivity index (χ1) is 18.9. The number of carbonyl (C=O) groups is 1. The van der Waals surface area contributed by atoms with Crippen molar-refractivity contribution in [2.45, 2.75) is 123 Å². The van der Waals surface area contributed by atoms with Crippen LogP contribution in [0.5, 0.6) is 5.75 Å². The third-order valence-corrected chi connectivity index (χ3v) is 7.44. The molecule has 39 heavy (non-hydrogen) atoms. The minimum Gasteiger partial charge on any atom is -0.455 e. The van der Waals surface area contributed by atoms with Crippen LogP contribution in [0, 0.1) is 0 Å². The molecule has 0 aliphatic carbocycles. The maximum atomic E-state index is 12.3. The van der Waals surface area contributed by atoms with Crippen LogP contribution in [0.1, 0.15) is 115 Å². The average Bonchev–Trinajstić information content (AvgIpc) is 2.90. The lowest BCUT2D eigenvalue weighted by Gasteiger charge is -2.29. The molecule has 0 aliphatic rings. The molecule has 1 atom stereocenters. The normalized spacial score (nSPS) is 12.3. The highest BCUT2D eigenvalue weighted by molar-refractivity contribution is 5.69. The summed E-state index contributed by atoms with van der Waals surface area (Å²) in [5.41, 5.74) is 2.66. The zero-order valence-electron chi connectivity index (χ0n) is 25.5. The molecule has 2 aromatic carbocycles. The largest absolute Gasteiger partial charge is 0.455 e. The van der Waals surface area contributed by atoms with Gasteiger partial charge in [-0.1, -0.05) is 120 Å². The summed E-state index contributed by atoms with van der Waals surface area (Å²) in [5, 5.41) is 0. The van der Waals surface area contributed by atoms with E-state index >= 15 is 0 Å². The first-order valence-corrected chi connectivity index (χ1v) is 15.7. The van der Waals surface area contributed by atoms with Crippen molar-refractivity contribution in [3.63, 3.8) is 0 Å². The summed E-state index contributed by atoms with van der Waals surface area (Å²) in [5.74, 6) is 0.542. The van der Waals surface area contributed by atoms with Gasteiger partial charge in [0.15, 0.2) is 0 Å². The van der Waals surface area contributed by atoms with Crippen molar-refractivity contribution in [3.05, 3.63) is 65.7 Å². The van der Waals surface area contributed by atoms with Gasteiger partial charge in [0.2, 0.25) is 6.29 Å². The topological polar surface area (TPSA) is 35.5 Å². The Morgan fingerprint density at radius 1 is 0.718 bits per heavy atom. The first kappa shape index (κ1) is 32.9. The Bertz CT molecular complexity index is 879. The molecule has 0 radical (unpaired) electrons. The molecule has 0 N–H and O–H groups in total. The Morgan fingerprint density at radius 3 is 1.87 bits per heavy atom. The lowest BCUT2D eigenvalue weighted by atomic mass is 10.0. The van der Waals surface area contributed by atoms with Gasteiger partial charge in [-0.15, -0.1) is 0 Å². The lowest BCUT2D eigenvalue weighted by molar-refractivity contribution is -0.903. The molecule has 0 bridgehead atoms. The molecule has 0 aliphatic heterocycles. The fourth-order valence-corrected chi connectivity index (χ4v) is 5.17. The monoisotopic (exact) mass is 538 g/mol. The van der Waals surface area contributed by atoms with Gasteiger partial charge < -0.3 is 14.0 Å². The van der Waals surface area contributed by atoms with E-state index < -0.39 is 6.29 Å². The summed E-state index contributed by atoms with van der Waals surface area (Å²) in [6, 6.07) is 18.7. The predicted octanol–water partition coefficient (Wildman–Crippen LogP) is 9.26. The molecule has 1 unspecified atom stereocenters. The fraction of sp³-hybridized carbons (Fsp3) is 0.629. The van der Waals surface area contributed by atoms with E-state index in [0.29, 0.717) is 6.42 Å². The molecule has 0 amide bonds. The van der Waals surface area contributed by atoms with E-state index in [1.807, 2.05) is 18.2 Å². The maximum absolute atomic E-state index is 12.3. The minimum atomic E-state index is -0.591. The van der Waals surface area contributed by atoms with E-state index in [0.717, 1.165) is 36.2 Å². The molecular formula is C35H56NO3+. The highest BCUT2D eigenvalue weighted by Gasteiger charge is 2.18. The van der Waals surface area contributed by atoms with Crippen LogP contribution in [0.15, 0.2) is 54.6 Å². The number of aryl methyl sites for hydroxylation is 1. The van der Waals surface area contributed by atoms with Crippen LogP contribution in [0.2, 0.25) is 0 Å². The van der Waals surface area contributed by atoms with Crippen LogP contribution in [0.25, 0.3) is 0 Å². The van der Waals surface area contributed by atoms with Crippen LogP contribution in [0.3, 0.4) is 0 Å². The van der Waals surface area contributed by atoms with Crippen molar-refractivity contribution in [1.29, 1.82) is 0 Å². The van der Waals surface area contributed by atoms with Crippen molar-refractivity contribution in [2.75, 3.05) is 20.6 Å². The van der Waals surface area contributed by atoms with E-state index in [-0.39, 0.29) is 5.97 Å². The quantitative estimate of drug-likeness (QED) is 0.0648. The van der Waals surface area contributed by atoms with Gasteiger partial charge in [-0.25, -0.2) is 0 Å². The summed E-state index contributed by atoms with van der Waals surface area (Å²) >= 11 is 0. The van der Waals surface area contributed by atoms with Gasteiger partial charge in [-0.2, -0.15) is 0 Å². The highest BCUT2D eigenvalue weighted by atomic mass is 16.7. The molecule has 218 valence electrons. The van der Waals surface area contributed by atoms with Gasteiger partial charge in [0.1, 0.15) is 12.3 Å². The first-order valence-electron chi connectivity index (χ1n) is 15.7. The van der Waals surface area contributed by atoms with E-state index in [9.17, 15) is 4.79 Å². The standard InChI is InChI=1S/C35H56NO3/c1-5-6-7-8-9-10-11-12-13-14-15-17-21-32-25-27-34(28-26-32)38-31(2)39-35(37)24-20-29-36(3,4)30-33-22-18-16-19-23-33/h16,18-19,22-23,25-28,31H,5-15,17,20-21,24,29-30H2,1-4H3/q+1. The van der Waals surface area contributed by atoms with E-state index in [1.165, 1.54) is 88.2 Å². The second kappa shape index (κ2) is 19.7. The van der Waals surface area contributed by atoms with E-state index in [2.05, 4.69) is 57.4 Å². The molecule has 2 rings (SSSR count). The minimum absolute atomic E-state index is 0.203. The van der Waals surface area contributed by atoms with Crippen molar-refractivity contribution in [3.8, 4) is 5.75 Å².